The maximum absolute atomic E-state index is 8.36. The van der Waals surface area contributed by atoms with Crippen molar-refractivity contribution in [2.45, 2.75) is 0 Å². The molecule has 0 bridgehead atoms. The van der Waals surface area contributed by atoms with Crippen LogP contribution >= 0.6 is 0 Å². The SMILES string of the molecule is C[SH+]C.[Na+].[O-][B]O.[OH-]. The summed E-state index contributed by atoms with van der Waals surface area (Å²) >= 11 is 1.42. The zero-order valence-corrected chi connectivity index (χ0v) is 8.22. The molecule has 8 heavy (non-hydrogen) atoms. The van der Waals surface area contributed by atoms with Gasteiger partial charge in [0.2, 0.25) is 0 Å². The van der Waals surface area contributed by atoms with Crippen molar-refractivity contribution in [2.24, 2.45) is 0 Å². The van der Waals surface area contributed by atoms with Gasteiger partial charge >= 0.3 is 29.6 Å². The van der Waals surface area contributed by atoms with Gasteiger partial charge in [-0.1, -0.05) is 0 Å². The van der Waals surface area contributed by atoms with Crippen LogP contribution in [0, 0.1) is 0 Å². The second-order valence-electron chi connectivity index (χ2n) is 0.553. The first kappa shape index (κ1) is 22.8. The molecule has 0 rings (SSSR count). The fourth-order valence-corrected chi connectivity index (χ4v) is 0. The molecule has 0 atom stereocenters. The van der Waals surface area contributed by atoms with Crippen molar-refractivity contribution in [1.82, 2.24) is 0 Å². The first-order chi connectivity index (χ1) is 2.83. The Balaban J connectivity index is -0.0000000160. The van der Waals surface area contributed by atoms with Crippen LogP contribution in [0.5, 0.6) is 0 Å². The molecule has 0 saturated heterocycles. The van der Waals surface area contributed by atoms with E-state index in [2.05, 4.69) is 12.5 Å². The van der Waals surface area contributed by atoms with Gasteiger partial charge in [-0.05, 0) is 11.8 Å². The average molecular weight is 147 g/mol. The van der Waals surface area contributed by atoms with E-state index in [0.29, 0.717) is 0 Å². The van der Waals surface area contributed by atoms with Crippen LogP contribution in [0.2, 0.25) is 0 Å². The molecule has 0 unspecified atom stereocenters. The van der Waals surface area contributed by atoms with Crippen molar-refractivity contribution < 1.29 is 45.1 Å². The van der Waals surface area contributed by atoms with Crippen LogP contribution in [-0.2, 0) is 11.8 Å². The predicted octanol–water partition coefficient (Wildman–Crippen LogP) is -5.24. The van der Waals surface area contributed by atoms with E-state index in [-0.39, 0.29) is 42.7 Å². The van der Waals surface area contributed by atoms with Gasteiger partial charge in [0.1, 0.15) is 0 Å². The smallest absolute Gasteiger partial charge is 0.870 e. The van der Waals surface area contributed by atoms with Gasteiger partial charge in [-0.25, -0.2) is 0 Å². The Morgan fingerprint density at radius 2 is 1.50 bits per heavy atom. The number of hydrogen-bond acceptors (Lipinski definition) is 3. The molecule has 0 aromatic heterocycles. The van der Waals surface area contributed by atoms with Gasteiger partial charge in [0.25, 0.3) is 0 Å². The largest absolute Gasteiger partial charge is 1.00 e. The Morgan fingerprint density at radius 3 is 1.50 bits per heavy atom. The Kier molecular flexibility index (Phi) is 116. The molecule has 0 aliphatic rings. The van der Waals surface area contributed by atoms with E-state index in [9.17, 15) is 0 Å². The van der Waals surface area contributed by atoms with Crippen molar-refractivity contribution in [3.05, 3.63) is 0 Å². The van der Waals surface area contributed by atoms with Crippen molar-refractivity contribution >= 4 is 19.4 Å². The molecule has 6 heteroatoms. The standard InChI is InChI=1S/C2H6S.BHO2.Na.H2O/c1-3-2;2-1-3;;/h1-2H3;2H;;1H2/q;-1;+1;. The summed E-state index contributed by atoms with van der Waals surface area (Å²) in [6.07, 6.45) is 4.19. The average Bonchev–Trinajstić information content (AvgIpc) is 1.39. The van der Waals surface area contributed by atoms with Crippen molar-refractivity contribution in [3.8, 4) is 0 Å². The molecular formula is C2H9BNaO3S. The predicted molar refractivity (Wildman–Crippen MR) is 30.5 cm³/mol. The molecular weight excluding hydrogens is 138 g/mol. The van der Waals surface area contributed by atoms with Gasteiger partial charge < -0.3 is 15.5 Å². The van der Waals surface area contributed by atoms with Gasteiger partial charge in [0.05, 0.1) is 12.5 Å². The second-order valence-corrected chi connectivity index (χ2v) is 1.45. The quantitative estimate of drug-likeness (QED) is 0.211. The first-order valence-electron chi connectivity index (χ1n) is 1.39. The third-order valence-corrected chi connectivity index (χ3v) is 0. The zero-order chi connectivity index (χ0) is 5.41. The Hall–Kier alpha value is 1.29. The molecule has 0 fully saturated rings. The summed E-state index contributed by atoms with van der Waals surface area (Å²) in [7, 11) is -0.250. The van der Waals surface area contributed by atoms with E-state index in [0.717, 1.165) is 0 Å². The molecule has 1 radical (unpaired) electrons. The fraction of sp³-hybridized carbons (Fsp3) is 1.00. The summed E-state index contributed by atoms with van der Waals surface area (Å²) in [5.41, 5.74) is 0. The minimum atomic E-state index is -0.250. The van der Waals surface area contributed by atoms with Crippen LogP contribution in [-0.4, -0.2) is 30.7 Å². The molecule has 0 aliphatic carbocycles. The van der Waals surface area contributed by atoms with E-state index in [1.165, 1.54) is 11.8 Å². The molecule has 3 nitrogen and oxygen atoms in total. The van der Waals surface area contributed by atoms with E-state index in [4.69, 9.17) is 10.0 Å². The molecule has 0 saturated carbocycles. The first-order valence-corrected chi connectivity index (χ1v) is 3.18. The van der Waals surface area contributed by atoms with Gasteiger partial charge in [-0.15, -0.1) is 0 Å². The van der Waals surface area contributed by atoms with Crippen LogP contribution in [0.15, 0.2) is 0 Å². The van der Waals surface area contributed by atoms with E-state index in [1.54, 1.807) is 0 Å². The molecule has 0 spiro atoms. The number of thiol groups is 1. The Labute approximate surface area is 76.8 Å². The number of rotatable bonds is 0. The monoisotopic (exact) mass is 147 g/mol. The molecule has 0 aromatic rings. The van der Waals surface area contributed by atoms with E-state index >= 15 is 0 Å². The van der Waals surface area contributed by atoms with Gasteiger partial charge in [0, 0.05) is 0 Å². The van der Waals surface area contributed by atoms with Crippen LogP contribution in [0.25, 0.3) is 0 Å². The van der Waals surface area contributed by atoms with Crippen molar-refractivity contribution in [1.29, 1.82) is 0 Å². The van der Waals surface area contributed by atoms with Crippen LogP contribution in [0.4, 0.5) is 0 Å². The summed E-state index contributed by atoms with van der Waals surface area (Å²) in [6.45, 7) is 0. The molecule has 0 aliphatic heterocycles. The van der Waals surface area contributed by atoms with Gasteiger partial charge in [-0.3, -0.25) is 0 Å². The zero-order valence-electron chi connectivity index (χ0n) is 5.33. The topological polar surface area (TPSA) is 73.3 Å². The summed E-state index contributed by atoms with van der Waals surface area (Å²) in [4.78, 5) is 0. The van der Waals surface area contributed by atoms with Gasteiger partial charge in [-0.2, -0.15) is 0 Å². The second kappa shape index (κ2) is 40.7. The Morgan fingerprint density at radius 1 is 1.50 bits per heavy atom. The maximum atomic E-state index is 8.36. The number of hydrogen-bond donors (Lipinski definition) is 1. The maximum Gasteiger partial charge on any atom is 1.00 e. The minimum Gasteiger partial charge on any atom is -0.870 e. The third-order valence-electron chi connectivity index (χ3n) is 0. The van der Waals surface area contributed by atoms with Crippen molar-refractivity contribution in [2.75, 3.05) is 12.5 Å². The molecule has 45 valence electrons. The summed E-state index contributed by atoms with van der Waals surface area (Å²) in [5, 5.41) is 15.2. The normalized spacial score (nSPS) is 4.00. The van der Waals surface area contributed by atoms with Crippen LogP contribution < -0.4 is 34.6 Å². The van der Waals surface area contributed by atoms with E-state index in [1.807, 2.05) is 0 Å². The van der Waals surface area contributed by atoms with Crippen molar-refractivity contribution in [3.63, 3.8) is 0 Å². The third kappa shape index (κ3) is 172. The Bertz CT molecular complexity index is 19.2. The molecule has 2 N–H and O–H groups in total. The minimum absolute atomic E-state index is 0. The fourth-order valence-electron chi connectivity index (χ4n) is 0. The molecule has 0 amide bonds. The summed E-state index contributed by atoms with van der Waals surface area (Å²) < 4.78 is 0. The molecule has 0 heterocycles. The summed E-state index contributed by atoms with van der Waals surface area (Å²) in [5.74, 6) is 0. The van der Waals surface area contributed by atoms with E-state index < -0.39 is 0 Å². The van der Waals surface area contributed by atoms with Crippen LogP contribution in [0.3, 0.4) is 0 Å². The summed E-state index contributed by atoms with van der Waals surface area (Å²) in [6, 6.07) is 0. The molecule has 0 aromatic carbocycles. The van der Waals surface area contributed by atoms with Crippen LogP contribution in [0.1, 0.15) is 0 Å². The van der Waals surface area contributed by atoms with Gasteiger partial charge in [0.15, 0.2) is 7.69 Å².